The van der Waals surface area contributed by atoms with Crippen LogP contribution in [0.1, 0.15) is 24.6 Å². The molecular formula is C18H23N3O4S. The van der Waals surface area contributed by atoms with Crippen molar-refractivity contribution >= 4 is 15.9 Å². The molecule has 0 radical (unpaired) electrons. The average Bonchev–Trinajstić information content (AvgIpc) is 3.21. The van der Waals surface area contributed by atoms with Gasteiger partial charge in [0, 0.05) is 24.2 Å². The van der Waals surface area contributed by atoms with Crippen LogP contribution in [0, 0.1) is 6.92 Å². The van der Waals surface area contributed by atoms with Gasteiger partial charge in [0.1, 0.15) is 5.69 Å². The number of nitrogens with one attached hydrogen (secondary N) is 1. The molecule has 0 saturated carbocycles. The third-order valence-corrected chi connectivity index (χ3v) is 6.32. The lowest BCUT2D eigenvalue weighted by molar-refractivity contribution is 0.183. The fourth-order valence-electron chi connectivity index (χ4n) is 3.11. The maximum absolute atomic E-state index is 12.4. The van der Waals surface area contributed by atoms with Crippen molar-refractivity contribution in [3.05, 3.63) is 41.6 Å². The standard InChI is InChI=1S/C18H23N3O4S/c1-3-21(16-8-9-26(23,24)12-16)18(22)19-11-15-10-17(25-20-15)14-6-4-13(2)5-7-14/h4-7,10,16H,3,8-9,11-12H2,1-2H3,(H,19,22)/t16-/m0/s1. The molecule has 2 aromatic rings. The number of hydrogen-bond acceptors (Lipinski definition) is 5. The van der Waals surface area contributed by atoms with Crippen LogP contribution in [0.2, 0.25) is 0 Å². The van der Waals surface area contributed by atoms with E-state index in [2.05, 4.69) is 10.5 Å². The van der Waals surface area contributed by atoms with Crippen LogP contribution in [0.25, 0.3) is 11.3 Å². The minimum atomic E-state index is -3.03. The molecule has 2 amide bonds. The topological polar surface area (TPSA) is 92.5 Å². The van der Waals surface area contributed by atoms with E-state index < -0.39 is 9.84 Å². The van der Waals surface area contributed by atoms with Gasteiger partial charge in [-0.2, -0.15) is 0 Å². The number of carbonyl (C=O) groups is 1. The van der Waals surface area contributed by atoms with E-state index in [0.29, 0.717) is 24.4 Å². The Morgan fingerprint density at radius 2 is 2.08 bits per heavy atom. The summed E-state index contributed by atoms with van der Waals surface area (Å²) in [5, 5.41) is 6.79. The SMILES string of the molecule is CCN(C(=O)NCc1cc(-c2ccc(C)cc2)on1)[C@H]1CCS(=O)(=O)C1. The lowest BCUT2D eigenvalue weighted by Crippen LogP contribution is -2.46. The van der Waals surface area contributed by atoms with Crippen molar-refractivity contribution in [2.75, 3.05) is 18.1 Å². The number of aryl methyl sites for hydroxylation is 1. The summed E-state index contributed by atoms with van der Waals surface area (Å²) < 4.78 is 28.6. The van der Waals surface area contributed by atoms with Crippen LogP contribution < -0.4 is 5.32 Å². The number of nitrogens with zero attached hydrogens (tertiary/aromatic N) is 2. The molecule has 3 rings (SSSR count). The molecule has 7 nitrogen and oxygen atoms in total. The number of rotatable bonds is 5. The summed E-state index contributed by atoms with van der Waals surface area (Å²) in [6, 6.07) is 9.15. The van der Waals surface area contributed by atoms with E-state index in [1.54, 1.807) is 11.0 Å². The van der Waals surface area contributed by atoms with Crippen LogP contribution in [0.15, 0.2) is 34.9 Å². The van der Waals surface area contributed by atoms with Gasteiger partial charge >= 0.3 is 6.03 Å². The highest BCUT2D eigenvalue weighted by molar-refractivity contribution is 7.91. The Balaban J connectivity index is 1.60. The summed E-state index contributed by atoms with van der Waals surface area (Å²) in [7, 11) is -3.03. The molecule has 1 saturated heterocycles. The van der Waals surface area contributed by atoms with Gasteiger partial charge in [0.2, 0.25) is 0 Å². The third kappa shape index (κ3) is 4.24. The van der Waals surface area contributed by atoms with Crippen molar-refractivity contribution in [3.8, 4) is 11.3 Å². The smallest absolute Gasteiger partial charge is 0.317 e. The minimum absolute atomic E-state index is 0.0375. The molecule has 0 unspecified atom stereocenters. The van der Waals surface area contributed by atoms with E-state index in [0.717, 1.165) is 11.1 Å². The number of urea groups is 1. The van der Waals surface area contributed by atoms with E-state index in [1.807, 2.05) is 38.1 Å². The van der Waals surface area contributed by atoms with Crippen molar-refractivity contribution in [1.82, 2.24) is 15.4 Å². The quantitative estimate of drug-likeness (QED) is 0.863. The lowest BCUT2D eigenvalue weighted by atomic mass is 10.1. The summed E-state index contributed by atoms with van der Waals surface area (Å²) >= 11 is 0. The summed E-state index contributed by atoms with van der Waals surface area (Å²) in [5.74, 6) is 0.823. The molecule has 0 aliphatic carbocycles. The molecule has 1 fully saturated rings. The van der Waals surface area contributed by atoms with Gasteiger partial charge < -0.3 is 14.7 Å². The molecule has 1 aromatic carbocycles. The zero-order valence-electron chi connectivity index (χ0n) is 14.9. The summed E-state index contributed by atoms with van der Waals surface area (Å²) in [4.78, 5) is 14.0. The van der Waals surface area contributed by atoms with Crippen molar-refractivity contribution in [1.29, 1.82) is 0 Å². The second kappa shape index (κ2) is 7.49. The minimum Gasteiger partial charge on any atom is -0.356 e. The first-order valence-electron chi connectivity index (χ1n) is 8.65. The molecule has 2 heterocycles. The average molecular weight is 377 g/mol. The van der Waals surface area contributed by atoms with Gasteiger partial charge in [-0.05, 0) is 20.3 Å². The molecule has 140 valence electrons. The van der Waals surface area contributed by atoms with E-state index in [-0.39, 0.29) is 30.1 Å². The van der Waals surface area contributed by atoms with Crippen LogP contribution in [0.3, 0.4) is 0 Å². The van der Waals surface area contributed by atoms with Crippen LogP contribution in [0.5, 0.6) is 0 Å². The molecule has 1 aliphatic heterocycles. The van der Waals surface area contributed by atoms with Crippen LogP contribution in [-0.2, 0) is 16.4 Å². The van der Waals surface area contributed by atoms with E-state index in [4.69, 9.17) is 4.52 Å². The van der Waals surface area contributed by atoms with Gasteiger partial charge in [0.15, 0.2) is 15.6 Å². The summed E-state index contributed by atoms with van der Waals surface area (Å²) in [5.41, 5.74) is 2.70. The van der Waals surface area contributed by atoms with Gasteiger partial charge in [-0.3, -0.25) is 0 Å². The lowest BCUT2D eigenvalue weighted by Gasteiger charge is -2.26. The predicted molar refractivity (Wildman–Crippen MR) is 98.4 cm³/mol. The highest BCUT2D eigenvalue weighted by Gasteiger charge is 2.33. The third-order valence-electron chi connectivity index (χ3n) is 4.57. The molecule has 0 bridgehead atoms. The van der Waals surface area contributed by atoms with E-state index in [9.17, 15) is 13.2 Å². The number of carbonyl (C=O) groups excluding carboxylic acids is 1. The fourth-order valence-corrected chi connectivity index (χ4v) is 4.84. The van der Waals surface area contributed by atoms with Gasteiger partial charge in [0.05, 0.1) is 18.1 Å². The molecule has 8 heteroatoms. The number of aromatic nitrogens is 1. The van der Waals surface area contributed by atoms with E-state index in [1.165, 1.54) is 0 Å². The monoisotopic (exact) mass is 377 g/mol. The maximum Gasteiger partial charge on any atom is 0.317 e. The van der Waals surface area contributed by atoms with Gasteiger partial charge in [-0.25, -0.2) is 13.2 Å². The maximum atomic E-state index is 12.4. The van der Waals surface area contributed by atoms with E-state index >= 15 is 0 Å². The molecule has 26 heavy (non-hydrogen) atoms. The van der Waals surface area contributed by atoms with Gasteiger partial charge in [-0.15, -0.1) is 0 Å². The molecule has 1 aromatic heterocycles. The Hall–Kier alpha value is -2.35. The first kappa shape index (κ1) is 18.4. The van der Waals surface area contributed by atoms with Crippen LogP contribution >= 0.6 is 0 Å². The summed E-state index contributed by atoms with van der Waals surface area (Å²) in [6.07, 6.45) is 0.491. The number of sulfone groups is 1. The molecule has 0 spiro atoms. The second-order valence-corrected chi connectivity index (χ2v) is 8.78. The first-order chi connectivity index (χ1) is 12.4. The largest absolute Gasteiger partial charge is 0.356 e. The number of hydrogen-bond donors (Lipinski definition) is 1. The van der Waals surface area contributed by atoms with Crippen LogP contribution in [-0.4, -0.2) is 48.6 Å². The van der Waals surface area contributed by atoms with Crippen molar-refractivity contribution in [2.45, 2.75) is 32.9 Å². The Morgan fingerprint density at radius 3 is 2.69 bits per heavy atom. The number of amides is 2. The normalized spacial score (nSPS) is 18.6. The second-order valence-electron chi connectivity index (χ2n) is 6.55. The summed E-state index contributed by atoms with van der Waals surface area (Å²) in [6.45, 7) is 4.54. The van der Waals surface area contributed by atoms with Crippen molar-refractivity contribution in [2.24, 2.45) is 0 Å². The molecule has 1 N–H and O–H groups in total. The Kier molecular flexibility index (Phi) is 5.31. The molecule has 1 atom stereocenters. The van der Waals surface area contributed by atoms with Crippen molar-refractivity contribution < 1.29 is 17.7 Å². The number of benzene rings is 1. The fraction of sp³-hybridized carbons (Fsp3) is 0.444. The zero-order chi connectivity index (χ0) is 18.7. The molecular weight excluding hydrogens is 354 g/mol. The Labute approximate surface area is 153 Å². The zero-order valence-corrected chi connectivity index (χ0v) is 15.8. The molecule has 1 aliphatic rings. The van der Waals surface area contributed by atoms with Gasteiger partial charge in [-0.1, -0.05) is 35.0 Å². The van der Waals surface area contributed by atoms with Gasteiger partial charge in [0.25, 0.3) is 0 Å². The van der Waals surface area contributed by atoms with Crippen molar-refractivity contribution in [3.63, 3.8) is 0 Å². The van der Waals surface area contributed by atoms with Crippen LogP contribution in [0.4, 0.5) is 4.79 Å². The Bertz CT molecular complexity index is 874. The predicted octanol–water partition coefficient (Wildman–Crippen LogP) is 2.37. The first-order valence-corrected chi connectivity index (χ1v) is 10.5. The highest BCUT2D eigenvalue weighted by atomic mass is 32.2. The highest BCUT2D eigenvalue weighted by Crippen LogP contribution is 2.21. The Morgan fingerprint density at radius 1 is 1.35 bits per heavy atom.